The van der Waals surface area contributed by atoms with Crippen LogP contribution in [0.15, 0.2) is 58.7 Å². The molecular formula is C23H18F2N4O5S. The van der Waals surface area contributed by atoms with Gasteiger partial charge in [0.15, 0.2) is 10.8 Å². The number of nitrogens with one attached hydrogen (secondary N) is 2. The number of thiazole rings is 1. The lowest BCUT2D eigenvalue weighted by molar-refractivity contribution is -0.119. The van der Waals surface area contributed by atoms with Crippen LogP contribution < -0.4 is 11.0 Å². The van der Waals surface area contributed by atoms with Crippen molar-refractivity contribution in [3.63, 3.8) is 0 Å². The van der Waals surface area contributed by atoms with Crippen LogP contribution in [0.2, 0.25) is 0 Å². The number of carbonyl (C=O) groups excluding carboxylic acids is 2. The van der Waals surface area contributed by atoms with Crippen LogP contribution in [0.1, 0.15) is 22.1 Å². The van der Waals surface area contributed by atoms with Gasteiger partial charge in [-0.1, -0.05) is 30.3 Å². The van der Waals surface area contributed by atoms with Gasteiger partial charge in [-0.15, -0.1) is 11.3 Å². The van der Waals surface area contributed by atoms with Crippen molar-refractivity contribution < 1.29 is 28.2 Å². The number of aromatic hydroxyl groups is 1. The number of benzene rings is 2. The van der Waals surface area contributed by atoms with E-state index in [0.717, 1.165) is 28.0 Å². The molecule has 9 nitrogen and oxygen atoms in total. The highest BCUT2D eigenvalue weighted by molar-refractivity contribution is 7.14. The summed E-state index contributed by atoms with van der Waals surface area (Å²) in [6, 6.07) is 10.1. The van der Waals surface area contributed by atoms with E-state index in [4.69, 9.17) is 0 Å². The summed E-state index contributed by atoms with van der Waals surface area (Å²) >= 11 is 0.968. The van der Waals surface area contributed by atoms with E-state index in [0.29, 0.717) is 11.6 Å². The van der Waals surface area contributed by atoms with Gasteiger partial charge in [0.2, 0.25) is 11.8 Å². The number of hydrogen-bond donors (Lipinski definition) is 3. The Balaban J connectivity index is 1.74. The summed E-state index contributed by atoms with van der Waals surface area (Å²) in [4.78, 5) is 44.1. The number of carbonyl (C=O) groups is 2. The normalized spacial score (nSPS) is 11.7. The molecule has 4 aromatic rings. The second kappa shape index (κ2) is 9.89. The van der Waals surface area contributed by atoms with Crippen molar-refractivity contribution in [1.29, 1.82) is 0 Å². The molecule has 0 fully saturated rings. The van der Waals surface area contributed by atoms with Gasteiger partial charge in [0, 0.05) is 23.4 Å². The number of halogens is 2. The van der Waals surface area contributed by atoms with E-state index in [9.17, 15) is 28.3 Å². The summed E-state index contributed by atoms with van der Waals surface area (Å²) in [6.45, 7) is 0. The average Bonchev–Trinajstić information content (AvgIpc) is 3.42. The maximum absolute atomic E-state index is 14.3. The van der Waals surface area contributed by atoms with Crippen LogP contribution in [0.4, 0.5) is 13.9 Å². The number of methoxy groups -OCH3 is 1. The Morgan fingerprint density at radius 3 is 2.66 bits per heavy atom. The number of rotatable bonds is 7. The lowest BCUT2D eigenvalue weighted by Gasteiger charge is -2.18. The fourth-order valence-electron chi connectivity index (χ4n) is 3.47. The minimum Gasteiger partial charge on any atom is -0.493 e. The van der Waals surface area contributed by atoms with Crippen LogP contribution >= 0.6 is 11.3 Å². The number of anilines is 1. The van der Waals surface area contributed by atoms with E-state index in [-0.39, 0.29) is 28.5 Å². The molecule has 2 aromatic heterocycles. The first-order chi connectivity index (χ1) is 16.8. The number of aromatic amines is 1. The molecule has 4 rings (SSSR count). The van der Waals surface area contributed by atoms with Crippen LogP contribution in [-0.4, -0.2) is 38.6 Å². The van der Waals surface area contributed by atoms with Gasteiger partial charge in [-0.25, -0.2) is 27.9 Å². The van der Waals surface area contributed by atoms with Gasteiger partial charge in [0.25, 0.3) is 0 Å². The average molecular weight is 500 g/mol. The molecule has 0 saturated heterocycles. The van der Waals surface area contributed by atoms with Gasteiger partial charge in [-0.3, -0.25) is 4.79 Å². The molecule has 1 atom stereocenters. The number of amides is 1. The van der Waals surface area contributed by atoms with E-state index < -0.39 is 41.1 Å². The Hall–Kier alpha value is -4.32. The highest BCUT2D eigenvalue weighted by Gasteiger charge is 2.29. The van der Waals surface area contributed by atoms with Crippen LogP contribution in [0.5, 0.6) is 5.88 Å². The van der Waals surface area contributed by atoms with Crippen molar-refractivity contribution in [3.8, 4) is 17.1 Å². The van der Waals surface area contributed by atoms with E-state index in [2.05, 4.69) is 20.0 Å². The van der Waals surface area contributed by atoms with E-state index >= 15 is 0 Å². The van der Waals surface area contributed by atoms with Gasteiger partial charge in [0.1, 0.15) is 23.4 Å². The lowest BCUT2D eigenvalue weighted by Crippen LogP contribution is -2.33. The summed E-state index contributed by atoms with van der Waals surface area (Å²) in [6.07, 6.45) is -0.0153. The number of hydrogen-bond acceptors (Lipinski definition) is 7. The van der Waals surface area contributed by atoms with Crippen molar-refractivity contribution >= 4 is 28.3 Å². The number of ether oxygens (including phenoxy) is 1. The molecule has 12 heteroatoms. The molecule has 1 amide bonds. The summed E-state index contributed by atoms with van der Waals surface area (Å²) < 4.78 is 33.1. The molecule has 0 unspecified atom stereocenters. The highest BCUT2D eigenvalue weighted by Crippen LogP contribution is 2.32. The van der Waals surface area contributed by atoms with Crippen LogP contribution in [0, 0.1) is 11.6 Å². The standard InChI is InChI=1S/C23H18F2N4O5S/c1-34-21(32)16-11-35-22(26-16)28-19(30)17(9-12-5-3-2-4-6-12)29-20(31)18(27-23(29)33)14-8-7-13(24)10-15(14)25/h2-8,10-11,17,31H,9H2,1H3,(H,27,33)(H,26,28,30)/t17-/m0/s1. The van der Waals surface area contributed by atoms with Gasteiger partial charge in [-0.05, 0) is 17.7 Å². The number of aromatic nitrogens is 3. The van der Waals surface area contributed by atoms with Crippen molar-refractivity contribution in [1.82, 2.24) is 14.5 Å². The zero-order valence-electron chi connectivity index (χ0n) is 18.1. The zero-order chi connectivity index (χ0) is 25.1. The summed E-state index contributed by atoms with van der Waals surface area (Å²) in [5, 5.41) is 14.8. The molecule has 2 heterocycles. The largest absolute Gasteiger partial charge is 0.493 e. The monoisotopic (exact) mass is 500 g/mol. The molecule has 0 aliphatic carbocycles. The third kappa shape index (κ3) is 4.96. The van der Waals surface area contributed by atoms with Crippen LogP contribution in [0.25, 0.3) is 11.3 Å². The molecular weight excluding hydrogens is 482 g/mol. The first-order valence-corrected chi connectivity index (χ1v) is 11.0. The van der Waals surface area contributed by atoms with Crippen molar-refractivity contribution in [2.45, 2.75) is 12.5 Å². The molecule has 0 radical (unpaired) electrons. The van der Waals surface area contributed by atoms with Gasteiger partial charge in [0.05, 0.1) is 7.11 Å². The van der Waals surface area contributed by atoms with E-state index in [1.54, 1.807) is 30.3 Å². The Morgan fingerprint density at radius 2 is 1.97 bits per heavy atom. The second-order valence-electron chi connectivity index (χ2n) is 7.35. The summed E-state index contributed by atoms with van der Waals surface area (Å²) in [5.41, 5.74) is -0.777. The predicted molar refractivity (Wildman–Crippen MR) is 123 cm³/mol. The summed E-state index contributed by atoms with van der Waals surface area (Å²) in [7, 11) is 1.19. The minimum absolute atomic E-state index is 0.0110. The fourth-order valence-corrected chi connectivity index (χ4v) is 4.15. The van der Waals surface area contributed by atoms with Crippen molar-refractivity contribution in [2.24, 2.45) is 0 Å². The second-order valence-corrected chi connectivity index (χ2v) is 8.21. The molecule has 0 aliphatic rings. The van der Waals surface area contributed by atoms with E-state index in [1.807, 2.05) is 0 Å². The minimum atomic E-state index is -1.29. The molecule has 0 saturated carbocycles. The maximum atomic E-state index is 14.3. The van der Waals surface area contributed by atoms with Gasteiger partial charge in [-0.2, -0.15) is 0 Å². The summed E-state index contributed by atoms with van der Waals surface area (Å²) in [5.74, 6) is -3.94. The number of nitrogens with zero attached hydrogens (tertiary/aromatic N) is 2. The first-order valence-electron chi connectivity index (χ1n) is 10.2. The molecule has 0 spiro atoms. The Kier molecular flexibility index (Phi) is 6.73. The first kappa shape index (κ1) is 23.8. The molecule has 3 N–H and O–H groups in total. The van der Waals surface area contributed by atoms with Gasteiger partial charge < -0.3 is 20.1 Å². The highest BCUT2D eigenvalue weighted by atomic mass is 32.1. The zero-order valence-corrected chi connectivity index (χ0v) is 18.9. The van der Waals surface area contributed by atoms with Crippen LogP contribution in [-0.2, 0) is 16.0 Å². The number of H-pyrrole nitrogens is 1. The molecule has 2 aromatic carbocycles. The fraction of sp³-hybridized carbons (Fsp3) is 0.130. The Bertz CT molecular complexity index is 1450. The molecule has 0 bridgehead atoms. The Labute approximate surface area is 200 Å². The SMILES string of the molecule is COC(=O)c1csc(NC(=O)[C@H](Cc2ccccc2)n2c(O)c(-c3ccc(F)cc3F)[nH]c2=O)n1. The maximum Gasteiger partial charge on any atom is 0.357 e. The third-order valence-corrected chi connectivity index (χ3v) is 5.88. The quantitative estimate of drug-likeness (QED) is 0.334. The van der Waals surface area contributed by atoms with Crippen LogP contribution in [0.3, 0.4) is 0 Å². The topological polar surface area (TPSA) is 126 Å². The molecule has 0 aliphatic heterocycles. The number of imidazole rings is 1. The number of esters is 1. The third-order valence-electron chi connectivity index (χ3n) is 5.12. The lowest BCUT2D eigenvalue weighted by atomic mass is 10.0. The predicted octanol–water partition coefficient (Wildman–Crippen LogP) is 3.49. The molecule has 180 valence electrons. The molecule has 35 heavy (non-hydrogen) atoms. The Morgan fingerprint density at radius 1 is 1.23 bits per heavy atom. The van der Waals surface area contributed by atoms with Crippen molar-refractivity contribution in [3.05, 3.63) is 87.3 Å². The van der Waals surface area contributed by atoms with E-state index in [1.165, 1.54) is 12.5 Å². The van der Waals surface area contributed by atoms with Crippen molar-refractivity contribution in [2.75, 3.05) is 12.4 Å². The van der Waals surface area contributed by atoms with Gasteiger partial charge >= 0.3 is 11.7 Å². The smallest absolute Gasteiger partial charge is 0.357 e.